The van der Waals surface area contributed by atoms with E-state index in [4.69, 9.17) is 9.47 Å². The summed E-state index contributed by atoms with van der Waals surface area (Å²) in [5, 5.41) is 0. The molecule has 104 valence electrons. The monoisotopic (exact) mass is 255 g/mol. The summed E-state index contributed by atoms with van der Waals surface area (Å²) in [6.07, 6.45) is 8.15. The third-order valence-electron chi connectivity index (χ3n) is 3.01. The molecule has 0 aliphatic heterocycles. The first-order chi connectivity index (χ1) is 8.63. The highest BCUT2D eigenvalue weighted by atomic mass is 16.6. The van der Waals surface area contributed by atoms with Gasteiger partial charge in [-0.3, -0.25) is 0 Å². The van der Waals surface area contributed by atoms with Crippen molar-refractivity contribution >= 4 is 6.09 Å². The third kappa shape index (κ3) is 5.54. The van der Waals surface area contributed by atoms with Crippen molar-refractivity contribution in [2.75, 3.05) is 20.7 Å². The normalized spacial score (nSPS) is 19.3. The van der Waals surface area contributed by atoms with E-state index >= 15 is 0 Å². The Morgan fingerprint density at radius 3 is 2.78 bits per heavy atom. The van der Waals surface area contributed by atoms with Crippen LogP contribution in [0.4, 0.5) is 4.79 Å². The molecule has 0 fully saturated rings. The van der Waals surface area contributed by atoms with Crippen LogP contribution in [0.15, 0.2) is 11.8 Å². The van der Waals surface area contributed by atoms with Gasteiger partial charge in [-0.2, -0.15) is 0 Å². The van der Waals surface area contributed by atoms with E-state index < -0.39 is 0 Å². The molecule has 4 heteroatoms. The van der Waals surface area contributed by atoms with Crippen LogP contribution in [0.5, 0.6) is 0 Å². The molecule has 1 aliphatic rings. The van der Waals surface area contributed by atoms with Gasteiger partial charge in [-0.05, 0) is 25.3 Å². The van der Waals surface area contributed by atoms with Crippen LogP contribution < -0.4 is 0 Å². The Morgan fingerprint density at radius 2 is 2.22 bits per heavy atom. The van der Waals surface area contributed by atoms with Crippen molar-refractivity contribution in [3.63, 3.8) is 0 Å². The first kappa shape index (κ1) is 15.0. The van der Waals surface area contributed by atoms with Crippen molar-refractivity contribution in [3.05, 3.63) is 11.8 Å². The summed E-state index contributed by atoms with van der Waals surface area (Å²) in [6, 6.07) is 0. The second-order valence-electron chi connectivity index (χ2n) is 4.91. The van der Waals surface area contributed by atoms with Gasteiger partial charge < -0.3 is 14.4 Å². The number of rotatable bonds is 6. The average Bonchev–Trinajstić information content (AvgIpc) is 2.36. The highest BCUT2D eigenvalue weighted by molar-refractivity contribution is 5.68. The summed E-state index contributed by atoms with van der Waals surface area (Å²) < 4.78 is 11.0. The van der Waals surface area contributed by atoms with Gasteiger partial charge in [-0.25, -0.2) is 4.79 Å². The number of nitrogens with zero attached hydrogens (tertiary/aromatic N) is 1. The number of allylic oxidation sites excluding steroid dienone is 1. The van der Waals surface area contributed by atoms with Crippen LogP contribution in [-0.2, 0) is 9.47 Å². The van der Waals surface area contributed by atoms with Crippen LogP contribution in [0.2, 0.25) is 0 Å². The first-order valence-electron chi connectivity index (χ1n) is 6.83. The summed E-state index contributed by atoms with van der Waals surface area (Å²) in [5.41, 5.74) is 0. The zero-order chi connectivity index (χ0) is 13.4. The van der Waals surface area contributed by atoms with E-state index in [1.54, 1.807) is 14.1 Å². The Kier molecular flexibility index (Phi) is 6.80. The molecule has 0 spiro atoms. The molecular weight excluding hydrogens is 230 g/mol. The van der Waals surface area contributed by atoms with Gasteiger partial charge >= 0.3 is 6.09 Å². The largest absolute Gasteiger partial charge is 0.415 e. The molecule has 0 aromatic rings. The Hall–Kier alpha value is -1.03. The van der Waals surface area contributed by atoms with Crippen LogP contribution in [0.1, 0.15) is 45.4 Å². The van der Waals surface area contributed by atoms with Gasteiger partial charge in [0, 0.05) is 27.1 Å². The van der Waals surface area contributed by atoms with Crippen molar-refractivity contribution in [2.45, 2.75) is 51.6 Å². The molecule has 18 heavy (non-hydrogen) atoms. The molecule has 0 bridgehead atoms. The summed E-state index contributed by atoms with van der Waals surface area (Å²) >= 11 is 0. The van der Waals surface area contributed by atoms with Crippen molar-refractivity contribution in [1.29, 1.82) is 0 Å². The van der Waals surface area contributed by atoms with Gasteiger partial charge in [-0.15, -0.1) is 0 Å². The van der Waals surface area contributed by atoms with Gasteiger partial charge in [-0.1, -0.05) is 19.8 Å². The summed E-state index contributed by atoms with van der Waals surface area (Å²) in [6.45, 7) is 3.04. The Labute approximate surface area is 110 Å². The van der Waals surface area contributed by atoms with Crippen LogP contribution in [0.25, 0.3) is 0 Å². The number of carbonyl (C=O) groups is 1. The molecule has 0 saturated heterocycles. The lowest BCUT2D eigenvalue weighted by atomic mass is 10.0. The Balaban J connectivity index is 2.21. The molecule has 1 rings (SSSR count). The molecule has 0 heterocycles. The molecular formula is C14H25NO3. The van der Waals surface area contributed by atoms with Crippen molar-refractivity contribution in [2.24, 2.45) is 0 Å². The Morgan fingerprint density at radius 1 is 1.44 bits per heavy atom. The van der Waals surface area contributed by atoms with Gasteiger partial charge in [0.15, 0.2) is 0 Å². The SMILES string of the molecule is CCCCCOC1CC=C(OC(=O)N(C)C)CC1. The first-order valence-corrected chi connectivity index (χ1v) is 6.83. The number of hydrogen-bond donors (Lipinski definition) is 0. The predicted molar refractivity (Wildman–Crippen MR) is 71.4 cm³/mol. The quantitative estimate of drug-likeness (QED) is 0.683. The molecule has 0 aromatic heterocycles. The van der Waals surface area contributed by atoms with Crippen molar-refractivity contribution < 1.29 is 14.3 Å². The maximum absolute atomic E-state index is 11.4. The van der Waals surface area contributed by atoms with Crippen LogP contribution in [-0.4, -0.2) is 37.8 Å². The minimum atomic E-state index is -0.302. The van der Waals surface area contributed by atoms with E-state index in [0.717, 1.165) is 38.0 Å². The minimum Gasteiger partial charge on any atom is -0.415 e. The van der Waals surface area contributed by atoms with Gasteiger partial charge in [0.2, 0.25) is 0 Å². The standard InChI is InChI=1S/C14H25NO3/c1-4-5-6-11-17-12-7-9-13(10-8-12)18-14(16)15(2)3/h9,12H,4-8,10-11H2,1-3H3. The second kappa shape index (κ2) is 8.14. The minimum absolute atomic E-state index is 0.295. The maximum Gasteiger partial charge on any atom is 0.414 e. The summed E-state index contributed by atoms with van der Waals surface area (Å²) in [4.78, 5) is 12.8. The molecule has 1 aliphatic carbocycles. The molecule has 0 radical (unpaired) electrons. The third-order valence-corrected chi connectivity index (χ3v) is 3.01. The molecule has 1 unspecified atom stereocenters. The molecule has 1 atom stereocenters. The van der Waals surface area contributed by atoms with E-state index in [2.05, 4.69) is 6.92 Å². The van der Waals surface area contributed by atoms with E-state index in [9.17, 15) is 4.79 Å². The Bertz CT molecular complexity index is 287. The van der Waals surface area contributed by atoms with Gasteiger partial charge in [0.25, 0.3) is 0 Å². The smallest absolute Gasteiger partial charge is 0.414 e. The number of carbonyl (C=O) groups excluding carboxylic acids is 1. The zero-order valence-corrected chi connectivity index (χ0v) is 11.8. The number of unbranched alkanes of at least 4 members (excludes halogenated alkanes) is 2. The highest BCUT2D eigenvalue weighted by Crippen LogP contribution is 2.22. The van der Waals surface area contributed by atoms with E-state index in [0.29, 0.717) is 6.10 Å². The molecule has 0 N–H and O–H groups in total. The van der Waals surface area contributed by atoms with Crippen LogP contribution in [0, 0.1) is 0 Å². The van der Waals surface area contributed by atoms with E-state index in [1.807, 2.05) is 6.08 Å². The second-order valence-corrected chi connectivity index (χ2v) is 4.91. The number of amides is 1. The zero-order valence-electron chi connectivity index (χ0n) is 11.8. The summed E-state index contributed by atoms with van der Waals surface area (Å²) in [7, 11) is 3.37. The molecule has 0 saturated carbocycles. The lowest BCUT2D eigenvalue weighted by molar-refractivity contribution is 0.0386. The molecule has 4 nitrogen and oxygen atoms in total. The number of ether oxygens (including phenoxy) is 2. The topological polar surface area (TPSA) is 38.8 Å². The maximum atomic E-state index is 11.4. The lowest BCUT2D eigenvalue weighted by Gasteiger charge is -2.22. The number of hydrogen-bond acceptors (Lipinski definition) is 3. The molecule has 1 amide bonds. The van der Waals surface area contributed by atoms with Crippen molar-refractivity contribution in [3.8, 4) is 0 Å². The summed E-state index contributed by atoms with van der Waals surface area (Å²) in [5.74, 6) is 0.780. The van der Waals surface area contributed by atoms with Gasteiger partial charge in [0.1, 0.15) is 5.76 Å². The highest BCUT2D eigenvalue weighted by Gasteiger charge is 2.18. The fourth-order valence-electron chi connectivity index (χ4n) is 1.84. The van der Waals surface area contributed by atoms with Gasteiger partial charge in [0.05, 0.1) is 6.10 Å². The van der Waals surface area contributed by atoms with E-state index in [-0.39, 0.29) is 6.09 Å². The van der Waals surface area contributed by atoms with Crippen LogP contribution >= 0.6 is 0 Å². The molecule has 0 aromatic carbocycles. The fraction of sp³-hybridized carbons (Fsp3) is 0.786. The fourth-order valence-corrected chi connectivity index (χ4v) is 1.84. The van der Waals surface area contributed by atoms with E-state index in [1.165, 1.54) is 17.7 Å². The van der Waals surface area contributed by atoms with Crippen molar-refractivity contribution in [1.82, 2.24) is 4.90 Å². The lowest BCUT2D eigenvalue weighted by Crippen LogP contribution is -2.24. The average molecular weight is 255 g/mol. The predicted octanol–water partition coefficient (Wildman–Crippen LogP) is 3.33. The van der Waals surface area contributed by atoms with Crippen LogP contribution in [0.3, 0.4) is 0 Å².